The Morgan fingerprint density at radius 2 is 1.73 bits per heavy atom. The summed E-state index contributed by atoms with van der Waals surface area (Å²) in [7, 11) is 1.49. The molecule has 0 radical (unpaired) electrons. The number of aliphatic hydroxyl groups is 1. The summed E-state index contributed by atoms with van der Waals surface area (Å²) in [5.41, 5.74) is 0.225. The smallest absolute Gasteiger partial charge is 0.300 e. The van der Waals surface area contributed by atoms with Gasteiger partial charge in [-0.1, -0.05) is 24.3 Å². The molecule has 0 spiro atoms. The van der Waals surface area contributed by atoms with Crippen LogP contribution in [0.25, 0.3) is 5.76 Å². The first-order chi connectivity index (χ1) is 15.8. The van der Waals surface area contributed by atoms with E-state index >= 15 is 0 Å². The van der Waals surface area contributed by atoms with E-state index in [9.17, 15) is 29.9 Å². The van der Waals surface area contributed by atoms with Gasteiger partial charge in [-0.2, -0.15) is 0 Å². The number of ether oxygens (including phenoxy) is 1. The zero-order chi connectivity index (χ0) is 23.7. The average molecular weight is 446 g/mol. The molecule has 0 bridgehead atoms. The lowest BCUT2D eigenvalue weighted by Gasteiger charge is -2.25. The van der Waals surface area contributed by atoms with Crippen molar-refractivity contribution in [2.45, 2.75) is 6.04 Å². The van der Waals surface area contributed by atoms with E-state index < -0.39 is 28.4 Å². The van der Waals surface area contributed by atoms with Gasteiger partial charge in [0, 0.05) is 23.4 Å². The van der Waals surface area contributed by atoms with Crippen LogP contribution in [0.15, 0.2) is 78.4 Å². The Kier molecular flexibility index (Phi) is 5.53. The molecule has 1 unspecified atom stereocenters. The van der Waals surface area contributed by atoms with Crippen LogP contribution in [0.1, 0.15) is 17.2 Å². The molecule has 3 aromatic rings. The molecule has 1 heterocycles. The van der Waals surface area contributed by atoms with Crippen LogP contribution in [-0.2, 0) is 9.59 Å². The summed E-state index contributed by atoms with van der Waals surface area (Å²) in [6.07, 6.45) is 0. The van der Waals surface area contributed by atoms with Crippen LogP contribution < -0.4 is 9.64 Å². The van der Waals surface area contributed by atoms with Crippen molar-refractivity contribution in [2.24, 2.45) is 0 Å². The molecule has 33 heavy (non-hydrogen) atoms. The highest BCUT2D eigenvalue weighted by atomic mass is 16.6. The van der Waals surface area contributed by atoms with E-state index in [1.807, 2.05) is 0 Å². The largest absolute Gasteiger partial charge is 0.508 e. The van der Waals surface area contributed by atoms with Gasteiger partial charge < -0.3 is 14.9 Å². The van der Waals surface area contributed by atoms with Gasteiger partial charge >= 0.3 is 0 Å². The molecule has 0 aromatic heterocycles. The number of carbonyl (C=O) groups is 2. The van der Waals surface area contributed by atoms with Gasteiger partial charge in [0.2, 0.25) is 0 Å². The predicted molar refractivity (Wildman–Crippen MR) is 119 cm³/mol. The topological polar surface area (TPSA) is 130 Å². The van der Waals surface area contributed by atoms with Gasteiger partial charge in [-0.05, 0) is 42.0 Å². The van der Waals surface area contributed by atoms with E-state index in [4.69, 9.17) is 4.74 Å². The fraction of sp³-hybridized carbons (Fsp3) is 0.0833. The average Bonchev–Trinajstić information content (AvgIpc) is 3.09. The summed E-state index contributed by atoms with van der Waals surface area (Å²) in [5.74, 6) is -1.95. The van der Waals surface area contributed by atoms with Gasteiger partial charge in [-0.25, -0.2) is 0 Å². The minimum atomic E-state index is -1.08. The van der Waals surface area contributed by atoms with Crippen LogP contribution in [-0.4, -0.2) is 33.9 Å². The van der Waals surface area contributed by atoms with Crippen molar-refractivity contribution in [1.29, 1.82) is 0 Å². The number of anilines is 1. The fourth-order valence-electron chi connectivity index (χ4n) is 3.77. The van der Waals surface area contributed by atoms with Gasteiger partial charge in [0.15, 0.2) is 0 Å². The minimum Gasteiger partial charge on any atom is -0.508 e. The third kappa shape index (κ3) is 3.87. The molecule has 0 aliphatic carbocycles. The summed E-state index contributed by atoms with van der Waals surface area (Å²) in [5, 5.41) is 32.2. The molecule has 1 amide bonds. The molecule has 1 saturated heterocycles. The number of aliphatic hydroxyl groups excluding tert-OH is 1. The maximum Gasteiger partial charge on any atom is 0.300 e. The van der Waals surface area contributed by atoms with Crippen molar-refractivity contribution < 1.29 is 29.5 Å². The number of ketones is 1. The van der Waals surface area contributed by atoms with Crippen LogP contribution in [0.5, 0.6) is 11.5 Å². The highest BCUT2D eigenvalue weighted by molar-refractivity contribution is 6.51. The Labute approximate surface area is 187 Å². The second kappa shape index (κ2) is 8.46. The van der Waals surface area contributed by atoms with E-state index in [1.54, 1.807) is 36.4 Å². The lowest BCUT2D eigenvalue weighted by Crippen LogP contribution is -2.29. The van der Waals surface area contributed by atoms with Crippen molar-refractivity contribution in [3.8, 4) is 11.5 Å². The molecule has 3 aromatic carbocycles. The maximum absolute atomic E-state index is 13.1. The van der Waals surface area contributed by atoms with Crippen LogP contribution in [0.2, 0.25) is 0 Å². The number of rotatable bonds is 5. The SMILES string of the molecule is COc1ccc(N2C(=O)C(=O)/C(=C(\O)c3cccc([N+](=O)[O-])c3)C2c2cccc(O)c2)cc1. The van der Waals surface area contributed by atoms with Crippen LogP contribution in [0.3, 0.4) is 0 Å². The number of amides is 1. The number of phenols is 1. The molecule has 4 rings (SSSR count). The van der Waals surface area contributed by atoms with E-state index in [-0.39, 0.29) is 22.6 Å². The second-order valence-corrected chi connectivity index (χ2v) is 7.27. The van der Waals surface area contributed by atoms with Gasteiger partial charge in [0.05, 0.1) is 23.6 Å². The van der Waals surface area contributed by atoms with Gasteiger partial charge in [-0.15, -0.1) is 0 Å². The molecule has 1 atom stereocenters. The molecule has 1 aliphatic heterocycles. The Balaban J connectivity index is 1.94. The Bertz CT molecular complexity index is 1300. The lowest BCUT2D eigenvalue weighted by molar-refractivity contribution is -0.384. The normalized spacial score (nSPS) is 17.2. The zero-order valence-corrected chi connectivity index (χ0v) is 17.3. The van der Waals surface area contributed by atoms with Gasteiger partial charge in [-0.3, -0.25) is 24.6 Å². The van der Waals surface area contributed by atoms with Crippen LogP contribution >= 0.6 is 0 Å². The first-order valence-corrected chi connectivity index (χ1v) is 9.80. The number of nitrogens with zero attached hydrogens (tertiary/aromatic N) is 2. The highest BCUT2D eigenvalue weighted by Crippen LogP contribution is 2.43. The first kappa shape index (κ1) is 21.6. The summed E-state index contributed by atoms with van der Waals surface area (Å²) < 4.78 is 5.15. The van der Waals surface area contributed by atoms with Gasteiger partial charge in [0.1, 0.15) is 17.3 Å². The number of hydrogen-bond donors (Lipinski definition) is 2. The number of methoxy groups -OCH3 is 1. The van der Waals surface area contributed by atoms with Crippen molar-refractivity contribution in [1.82, 2.24) is 0 Å². The second-order valence-electron chi connectivity index (χ2n) is 7.27. The third-order valence-electron chi connectivity index (χ3n) is 5.31. The third-order valence-corrected chi connectivity index (χ3v) is 5.31. The number of aromatic hydroxyl groups is 1. The monoisotopic (exact) mass is 446 g/mol. The number of Topliss-reactive ketones (excluding diaryl/α,β-unsaturated/α-hetero) is 1. The zero-order valence-electron chi connectivity index (χ0n) is 17.3. The number of nitro benzene ring substituents is 1. The van der Waals surface area contributed by atoms with E-state index in [0.29, 0.717) is 17.0 Å². The highest BCUT2D eigenvalue weighted by Gasteiger charge is 2.47. The minimum absolute atomic E-state index is 0.0158. The molecule has 0 saturated carbocycles. The predicted octanol–water partition coefficient (Wildman–Crippen LogP) is 3.94. The number of nitro groups is 1. The fourth-order valence-corrected chi connectivity index (χ4v) is 3.77. The molecule has 9 heteroatoms. The molecule has 166 valence electrons. The molecule has 1 aliphatic rings. The van der Waals surface area contributed by atoms with E-state index in [0.717, 1.165) is 6.07 Å². The molecule has 1 fully saturated rings. The first-order valence-electron chi connectivity index (χ1n) is 9.80. The molecule has 2 N–H and O–H groups in total. The maximum atomic E-state index is 13.1. The number of non-ortho nitro benzene ring substituents is 1. The number of phenolic OH excluding ortho intramolecular Hbond substituents is 1. The summed E-state index contributed by atoms with van der Waals surface area (Å²) in [6.45, 7) is 0. The van der Waals surface area contributed by atoms with Crippen molar-refractivity contribution >= 4 is 28.8 Å². The lowest BCUT2D eigenvalue weighted by atomic mass is 9.95. The molecular formula is C24H18N2O7. The van der Waals surface area contributed by atoms with E-state index in [2.05, 4.69) is 0 Å². The van der Waals surface area contributed by atoms with Crippen LogP contribution in [0, 0.1) is 10.1 Å². The Morgan fingerprint density at radius 3 is 2.36 bits per heavy atom. The number of benzene rings is 3. The molecular weight excluding hydrogens is 428 g/mol. The summed E-state index contributed by atoms with van der Waals surface area (Å²) >= 11 is 0. The van der Waals surface area contributed by atoms with Gasteiger partial charge in [0.25, 0.3) is 17.4 Å². The number of carbonyl (C=O) groups excluding carboxylic acids is 2. The van der Waals surface area contributed by atoms with Crippen molar-refractivity contribution in [3.63, 3.8) is 0 Å². The molecule has 9 nitrogen and oxygen atoms in total. The van der Waals surface area contributed by atoms with Crippen molar-refractivity contribution in [2.75, 3.05) is 12.0 Å². The standard InChI is InChI=1S/C24H18N2O7/c1-33-19-10-8-16(9-11-19)25-21(14-4-3-7-18(27)13-14)20(23(29)24(25)30)22(28)15-5-2-6-17(12-15)26(31)32/h2-13,21,27-28H,1H3/b22-20-. The number of hydrogen-bond acceptors (Lipinski definition) is 7. The summed E-state index contributed by atoms with van der Waals surface area (Å²) in [4.78, 5) is 37.9. The Morgan fingerprint density at radius 1 is 1.03 bits per heavy atom. The quantitative estimate of drug-likeness (QED) is 0.200. The Hall–Kier alpha value is -4.66. The van der Waals surface area contributed by atoms with Crippen LogP contribution in [0.4, 0.5) is 11.4 Å². The van der Waals surface area contributed by atoms with Crippen molar-refractivity contribution in [3.05, 3.63) is 99.6 Å². The summed E-state index contributed by atoms with van der Waals surface area (Å²) in [6, 6.07) is 16.5. The van der Waals surface area contributed by atoms with E-state index in [1.165, 1.54) is 42.3 Å².